The van der Waals surface area contributed by atoms with Gasteiger partial charge in [0, 0.05) is 0 Å². The topological polar surface area (TPSA) is 26.3 Å². The summed E-state index contributed by atoms with van der Waals surface area (Å²) < 4.78 is 18.9. The molecule has 0 aliphatic heterocycles. The third-order valence-electron chi connectivity index (χ3n) is 2.25. The standard InChI is InChI=1S/C14H17FO2/c1-9(2)17-14(16)11(4)13(15)12-7-5-6-10(3)8-12/h5-9,13H,4H2,1-3H3. The van der Waals surface area contributed by atoms with Gasteiger partial charge in [0.25, 0.3) is 0 Å². The number of esters is 1. The summed E-state index contributed by atoms with van der Waals surface area (Å²) in [4.78, 5) is 11.5. The molecule has 0 radical (unpaired) electrons. The monoisotopic (exact) mass is 236 g/mol. The highest BCUT2D eigenvalue weighted by Gasteiger charge is 2.22. The van der Waals surface area contributed by atoms with E-state index in [9.17, 15) is 9.18 Å². The Balaban J connectivity index is 2.79. The SMILES string of the molecule is C=C(C(=O)OC(C)C)C(F)c1cccc(C)c1. The molecule has 0 saturated heterocycles. The van der Waals surface area contributed by atoms with Crippen molar-refractivity contribution in [3.05, 3.63) is 47.5 Å². The van der Waals surface area contributed by atoms with E-state index in [0.717, 1.165) is 5.56 Å². The predicted molar refractivity (Wildman–Crippen MR) is 65.4 cm³/mol. The van der Waals surface area contributed by atoms with Gasteiger partial charge in [-0.3, -0.25) is 0 Å². The van der Waals surface area contributed by atoms with Crippen LogP contribution >= 0.6 is 0 Å². The van der Waals surface area contributed by atoms with Crippen molar-refractivity contribution in [2.45, 2.75) is 33.0 Å². The highest BCUT2D eigenvalue weighted by molar-refractivity contribution is 5.89. The van der Waals surface area contributed by atoms with Gasteiger partial charge in [0.15, 0.2) is 6.17 Å². The molecule has 92 valence electrons. The molecule has 17 heavy (non-hydrogen) atoms. The van der Waals surface area contributed by atoms with Gasteiger partial charge in [0.05, 0.1) is 11.7 Å². The van der Waals surface area contributed by atoms with Crippen LogP contribution in [0.1, 0.15) is 31.1 Å². The number of rotatable bonds is 4. The Hall–Kier alpha value is -1.64. The maximum atomic E-state index is 14.0. The van der Waals surface area contributed by atoms with Crippen LogP contribution in [0.5, 0.6) is 0 Å². The molecular weight excluding hydrogens is 219 g/mol. The fraction of sp³-hybridized carbons (Fsp3) is 0.357. The van der Waals surface area contributed by atoms with E-state index in [1.165, 1.54) is 0 Å². The maximum Gasteiger partial charge on any atom is 0.336 e. The quantitative estimate of drug-likeness (QED) is 0.590. The molecule has 1 rings (SSSR count). The molecule has 2 nitrogen and oxygen atoms in total. The molecule has 0 N–H and O–H groups in total. The van der Waals surface area contributed by atoms with E-state index in [0.29, 0.717) is 5.56 Å². The minimum Gasteiger partial charge on any atom is -0.460 e. The number of halogens is 1. The average Bonchev–Trinajstić information content (AvgIpc) is 2.26. The van der Waals surface area contributed by atoms with Crippen LogP contribution < -0.4 is 0 Å². The summed E-state index contributed by atoms with van der Waals surface area (Å²) in [7, 11) is 0. The molecule has 0 aromatic heterocycles. The summed E-state index contributed by atoms with van der Waals surface area (Å²) >= 11 is 0. The minimum absolute atomic E-state index is 0.163. The second kappa shape index (κ2) is 5.62. The lowest BCUT2D eigenvalue weighted by Gasteiger charge is -2.13. The van der Waals surface area contributed by atoms with E-state index >= 15 is 0 Å². The van der Waals surface area contributed by atoms with Crippen LogP contribution in [0.4, 0.5) is 4.39 Å². The van der Waals surface area contributed by atoms with Crippen molar-refractivity contribution in [1.29, 1.82) is 0 Å². The van der Waals surface area contributed by atoms with E-state index in [2.05, 4.69) is 6.58 Å². The summed E-state index contributed by atoms with van der Waals surface area (Å²) in [6, 6.07) is 6.94. The van der Waals surface area contributed by atoms with E-state index in [4.69, 9.17) is 4.74 Å². The number of carbonyl (C=O) groups is 1. The van der Waals surface area contributed by atoms with Crippen LogP contribution in [0.3, 0.4) is 0 Å². The molecule has 0 aliphatic carbocycles. The molecule has 0 heterocycles. The average molecular weight is 236 g/mol. The summed E-state index contributed by atoms with van der Waals surface area (Å²) in [6.07, 6.45) is -1.79. The Morgan fingerprint density at radius 1 is 1.41 bits per heavy atom. The zero-order chi connectivity index (χ0) is 13.0. The maximum absolute atomic E-state index is 14.0. The van der Waals surface area contributed by atoms with Crippen LogP contribution in [0.2, 0.25) is 0 Å². The van der Waals surface area contributed by atoms with E-state index in [-0.39, 0.29) is 11.7 Å². The van der Waals surface area contributed by atoms with Crippen molar-refractivity contribution in [1.82, 2.24) is 0 Å². The van der Waals surface area contributed by atoms with Crippen molar-refractivity contribution in [2.75, 3.05) is 0 Å². The second-order valence-corrected chi connectivity index (χ2v) is 4.26. The lowest BCUT2D eigenvalue weighted by Crippen LogP contribution is -2.16. The van der Waals surface area contributed by atoms with Crippen LogP contribution in [0.25, 0.3) is 0 Å². The molecule has 0 amide bonds. The number of aryl methyl sites for hydroxylation is 1. The van der Waals surface area contributed by atoms with Gasteiger partial charge < -0.3 is 4.74 Å². The molecule has 1 aromatic rings. The Kier molecular flexibility index (Phi) is 4.44. The Bertz CT molecular complexity index is 424. The number of ether oxygens (including phenoxy) is 1. The van der Waals surface area contributed by atoms with Gasteiger partial charge in [-0.15, -0.1) is 0 Å². The lowest BCUT2D eigenvalue weighted by atomic mass is 10.0. The molecule has 1 unspecified atom stereocenters. The van der Waals surface area contributed by atoms with Crippen molar-refractivity contribution in [2.24, 2.45) is 0 Å². The van der Waals surface area contributed by atoms with E-state index < -0.39 is 12.1 Å². The summed E-state index contributed by atoms with van der Waals surface area (Å²) in [5.74, 6) is -0.686. The first-order valence-corrected chi connectivity index (χ1v) is 5.52. The molecule has 0 aliphatic rings. The highest BCUT2D eigenvalue weighted by atomic mass is 19.1. The van der Waals surface area contributed by atoms with Crippen LogP contribution in [-0.2, 0) is 9.53 Å². The summed E-state index contributed by atoms with van der Waals surface area (Å²) in [6.45, 7) is 8.76. The molecule has 3 heteroatoms. The summed E-state index contributed by atoms with van der Waals surface area (Å²) in [5, 5.41) is 0. The minimum atomic E-state index is -1.51. The number of carbonyl (C=O) groups excluding carboxylic acids is 1. The van der Waals surface area contributed by atoms with Gasteiger partial charge in [0.2, 0.25) is 0 Å². The first kappa shape index (κ1) is 13.4. The van der Waals surface area contributed by atoms with E-state index in [1.54, 1.807) is 32.0 Å². The van der Waals surface area contributed by atoms with E-state index in [1.807, 2.05) is 13.0 Å². The number of hydrogen-bond acceptors (Lipinski definition) is 2. The van der Waals surface area contributed by atoms with Gasteiger partial charge in [-0.25, -0.2) is 9.18 Å². The number of hydrogen-bond donors (Lipinski definition) is 0. The van der Waals surface area contributed by atoms with Gasteiger partial charge in [-0.1, -0.05) is 36.4 Å². The van der Waals surface area contributed by atoms with Crippen LogP contribution in [0.15, 0.2) is 36.4 Å². The van der Waals surface area contributed by atoms with Gasteiger partial charge in [-0.2, -0.15) is 0 Å². The van der Waals surface area contributed by atoms with Gasteiger partial charge in [0.1, 0.15) is 0 Å². The second-order valence-electron chi connectivity index (χ2n) is 4.26. The highest BCUT2D eigenvalue weighted by Crippen LogP contribution is 2.26. The van der Waals surface area contributed by atoms with Crippen molar-refractivity contribution >= 4 is 5.97 Å². The first-order chi connectivity index (χ1) is 7.91. The molecule has 0 saturated carbocycles. The van der Waals surface area contributed by atoms with Gasteiger partial charge in [-0.05, 0) is 26.3 Å². The van der Waals surface area contributed by atoms with Crippen LogP contribution in [0, 0.1) is 6.92 Å². The first-order valence-electron chi connectivity index (χ1n) is 5.52. The normalized spacial score (nSPS) is 12.3. The fourth-order valence-corrected chi connectivity index (χ4v) is 1.42. The smallest absolute Gasteiger partial charge is 0.336 e. The van der Waals surface area contributed by atoms with Gasteiger partial charge >= 0.3 is 5.97 Å². The molecule has 1 aromatic carbocycles. The third kappa shape index (κ3) is 3.70. The molecular formula is C14H17FO2. The van der Waals surface area contributed by atoms with Crippen molar-refractivity contribution in [3.8, 4) is 0 Å². The van der Waals surface area contributed by atoms with Crippen molar-refractivity contribution in [3.63, 3.8) is 0 Å². The van der Waals surface area contributed by atoms with Crippen LogP contribution in [-0.4, -0.2) is 12.1 Å². The van der Waals surface area contributed by atoms with Crippen molar-refractivity contribution < 1.29 is 13.9 Å². The third-order valence-corrected chi connectivity index (χ3v) is 2.25. The zero-order valence-electron chi connectivity index (χ0n) is 10.4. The number of alkyl halides is 1. The Morgan fingerprint density at radius 2 is 2.06 bits per heavy atom. The fourth-order valence-electron chi connectivity index (χ4n) is 1.42. The predicted octanol–water partition coefficient (Wildman–Crippen LogP) is 3.51. The molecule has 0 bridgehead atoms. The largest absolute Gasteiger partial charge is 0.460 e. The molecule has 1 atom stereocenters. The number of benzene rings is 1. The molecule has 0 fully saturated rings. The Morgan fingerprint density at radius 3 is 2.59 bits per heavy atom. The zero-order valence-corrected chi connectivity index (χ0v) is 10.4. The Labute approximate surface area is 101 Å². The lowest BCUT2D eigenvalue weighted by molar-refractivity contribution is -0.143. The summed E-state index contributed by atoms with van der Waals surface area (Å²) in [5.41, 5.74) is 1.20. The molecule has 0 spiro atoms.